The number of amides is 1. The van der Waals surface area contributed by atoms with Gasteiger partial charge >= 0.3 is 0 Å². The van der Waals surface area contributed by atoms with Crippen molar-refractivity contribution in [3.05, 3.63) is 53.9 Å². The predicted octanol–water partition coefficient (Wildman–Crippen LogP) is 2.40. The van der Waals surface area contributed by atoms with Crippen LogP contribution in [0.15, 0.2) is 42.7 Å². The largest absolute Gasteiger partial charge is 0.454 e. The molecular weight excluding hydrogens is 280 g/mol. The van der Waals surface area contributed by atoms with Crippen molar-refractivity contribution < 1.29 is 14.3 Å². The van der Waals surface area contributed by atoms with Crippen LogP contribution in [0, 0.1) is 0 Å². The number of rotatable bonds is 4. The van der Waals surface area contributed by atoms with Crippen LogP contribution >= 0.6 is 0 Å². The predicted molar refractivity (Wildman–Crippen MR) is 81.7 cm³/mol. The summed E-state index contributed by atoms with van der Waals surface area (Å²) in [6.07, 6.45) is 3.45. The van der Waals surface area contributed by atoms with Crippen molar-refractivity contribution in [2.45, 2.75) is 25.8 Å². The number of carbonyl (C=O) groups is 1. The number of pyridine rings is 1. The lowest BCUT2D eigenvalue weighted by molar-refractivity contribution is -0.125. The topological polar surface area (TPSA) is 60.5 Å². The number of hydrogen-bond donors (Lipinski definition) is 1. The third kappa shape index (κ3) is 2.74. The Balaban J connectivity index is 1.73. The van der Waals surface area contributed by atoms with Crippen LogP contribution in [0.1, 0.15) is 25.0 Å². The van der Waals surface area contributed by atoms with E-state index in [2.05, 4.69) is 10.3 Å². The number of fused-ring (bicyclic) bond motifs is 1. The fourth-order valence-corrected chi connectivity index (χ4v) is 2.32. The van der Waals surface area contributed by atoms with Gasteiger partial charge < -0.3 is 14.8 Å². The molecule has 114 valence electrons. The number of nitrogens with one attached hydrogen (secondary N) is 1. The van der Waals surface area contributed by atoms with E-state index in [1.165, 1.54) is 0 Å². The standard InChI is InChI=1S/C17H18N2O3/c1-17(2,13-5-6-14-15(8-13)22-11-21-14)16(20)19-10-12-4-3-7-18-9-12/h3-9H,10-11H2,1-2H3,(H,19,20). The molecule has 0 unspecified atom stereocenters. The van der Waals surface area contributed by atoms with Crippen LogP contribution in [0.4, 0.5) is 0 Å². The van der Waals surface area contributed by atoms with E-state index in [9.17, 15) is 4.79 Å². The molecule has 1 aromatic carbocycles. The minimum atomic E-state index is -0.664. The van der Waals surface area contributed by atoms with Gasteiger partial charge in [-0.15, -0.1) is 0 Å². The molecule has 0 spiro atoms. The summed E-state index contributed by atoms with van der Waals surface area (Å²) in [5.74, 6) is 1.36. The fourth-order valence-electron chi connectivity index (χ4n) is 2.32. The van der Waals surface area contributed by atoms with Gasteiger partial charge in [-0.3, -0.25) is 9.78 Å². The van der Waals surface area contributed by atoms with Crippen LogP contribution in [0.5, 0.6) is 11.5 Å². The quantitative estimate of drug-likeness (QED) is 0.941. The minimum Gasteiger partial charge on any atom is -0.454 e. The van der Waals surface area contributed by atoms with Gasteiger partial charge in [-0.1, -0.05) is 12.1 Å². The maximum absolute atomic E-state index is 12.5. The second kappa shape index (κ2) is 5.67. The van der Waals surface area contributed by atoms with Crippen molar-refractivity contribution in [2.24, 2.45) is 0 Å². The molecule has 0 fully saturated rings. The Bertz CT molecular complexity index is 684. The number of benzene rings is 1. The molecule has 22 heavy (non-hydrogen) atoms. The number of ether oxygens (including phenoxy) is 2. The second-order valence-corrected chi connectivity index (χ2v) is 5.74. The molecule has 0 atom stereocenters. The normalized spacial score (nSPS) is 13.0. The van der Waals surface area contributed by atoms with E-state index in [-0.39, 0.29) is 12.7 Å². The Morgan fingerprint density at radius 2 is 2.09 bits per heavy atom. The maximum atomic E-state index is 12.5. The fraction of sp³-hybridized carbons (Fsp3) is 0.294. The van der Waals surface area contributed by atoms with E-state index >= 15 is 0 Å². The summed E-state index contributed by atoms with van der Waals surface area (Å²) in [5, 5.41) is 2.95. The lowest BCUT2D eigenvalue weighted by Gasteiger charge is -2.24. The smallest absolute Gasteiger partial charge is 0.231 e. The lowest BCUT2D eigenvalue weighted by atomic mass is 9.83. The number of hydrogen-bond acceptors (Lipinski definition) is 4. The van der Waals surface area contributed by atoms with Gasteiger partial charge in [-0.2, -0.15) is 0 Å². The van der Waals surface area contributed by atoms with Crippen molar-refractivity contribution >= 4 is 5.91 Å². The molecule has 1 aliphatic rings. The highest BCUT2D eigenvalue weighted by Crippen LogP contribution is 2.36. The first-order valence-electron chi connectivity index (χ1n) is 7.15. The Morgan fingerprint density at radius 3 is 2.86 bits per heavy atom. The van der Waals surface area contributed by atoms with Gasteiger partial charge in [0.2, 0.25) is 12.7 Å². The maximum Gasteiger partial charge on any atom is 0.231 e. The highest BCUT2D eigenvalue weighted by atomic mass is 16.7. The lowest BCUT2D eigenvalue weighted by Crippen LogP contribution is -2.39. The van der Waals surface area contributed by atoms with Crippen LogP contribution in [0.2, 0.25) is 0 Å². The first kappa shape index (κ1) is 14.4. The molecule has 0 aliphatic carbocycles. The Labute approximate surface area is 129 Å². The van der Waals surface area contributed by atoms with Gasteiger partial charge in [-0.25, -0.2) is 0 Å². The van der Waals surface area contributed by atoms with Crippen molar-refractivity contribution in [3.63, 3.8) is 0 Å². The van der Waals surface area contributed by atoms with E-state index in [0.717, 1.165) is 16.9 Å². The summed E-state index contributed by atoms with van der Waals surface area (Å²) in [6.45, 7) is 4.47. The molecular formula is C17H18N2O3. The molecule has 0 radical (unpaired) electrons. The molecule has 5 nitrogen and oxygen atoms in total. The van der Waals surface area contributed by atoms with Crippen molar-refractivity contribution in [2.75, 3.05) is 6.79 Å². The Kier molecular flexibility index (Phi) is 3.71. The average molecular weight is 298 g/mol. The average Bonchev–Trinajstić information content (AvgIpc) is 3.01. The third-order valence-electron chi connectivity index (χ3n) is 3.84. The second-order valence-electron chi connectivity index (χ2n) is 5.74. The van der Waals surface area contributed by atoms with E-state index < -0.39 is 5.41 Å². The SMILES string of the molecule is CC(C)(C(=O)NCc1cccnc1)c1ccc2c(c1)OCO2. The molecule has 1 amide bonds. The molecule has 0 saturated carbocycles. The zero-order valence-corrected chi connectivity index (χ0v) is 12.6. The molecule has 1 N–H and O–H groups in total. The summed E-state index contributed by atoms with van der Waals surface area (Å²) in [4.78, 5) is 16.6. The molecule has 0 bridgehead atoms. The first-order chi connectivity index (χ1) is 10.6. The monoisotopic (exact) mass is 298 g/mol. The zero-order valence-electron chi connectivity index (χ0n) is 12.6. The third-order valence-corrected chi connectivity index (χ3v) is 3.84. The Hall–Kier alpha value is -2.56. The summed E-state index contributed by atoms with van der Waals surface area (Å²) in [5.41, 5.74) is 1.20. The van der Waals surface area contributed by atoms with E-state index in [1.54, 1.807) is 12.4 Å². The van der Waals surface area contributed by atoms with Crippen LogP contribution in [-0.4, -0.2) is 17.7 Å². The number of nitrogens with zero attached hydrogens (tertiary/aromatic N) is 1. The summed E-state index contributed by atoms with van der Waals surface area (Å²) in [7, 11) is 0. The summed E-state index contributed by atoms with van der Waals surface area (Å²) in [6, 6.07) is 9.39. The molecule has 0 saturated heterocycles. The molecule has 1 aromatic heterocycles. The molecule has 1 aliphatic heterocycles. The number of aromatic nitrogens is 1. The van der Waals surface area contributed by atoms with E-state index in [4.69, 9.17) is 9.47 Å². The highest BCUT2D eigenvalue weighted by molar-refractivity contribution is 5.87. The van der Waals surface area contributed by atoms with Crippen LogP contribution in [-0.2, 0) is 16.8 Å². The summed E-state index contributed by atoms with van der Waals surface area (Å²) < 4.78 is 10.7. The number of carbonyl (C=O) groups excluding carboxylic acids is 1. The minimum absolute atomic E-state index is 0.0461. The van der Waals surface area contributed by atoms with Crippen LogP contribution < -0.4 is 14.8 Å². The van der Waals surface area contributed by atoms with Crippen molar-refractivity contribution in [3.8, 4) is 11.5 Å². The van der Waals surface area contributed by atoms with Crippen LogP contribution in [0.25, 0.3) is 0 Å². The van der Waals surface area contributed by atoms with Crippen molar-refractivity contribution in [1.82, 2.24) is 10.3 Å². The van der Waals surface area contributed by atoms with Gasteiger partial charge in [0.15, 0.2) is 11.5 Å². The van der Waals surface area contributed by atoms with Gasteiger partial charge in [0, 0.05) is 18.9 Å². The van der Waals surface area contributed by atoms with Gasteiger partial charge in [0.1, 0.15) is 0 Å². The van der Waals surface area contributed by atoms with Crippen molar-refractivity contribution in [1.29, 1.82) is 0 Å². The molecule has 2 heterocycles. The molecule has 3 rings (SSSR count). The van der Waals surface area contributed by atoms with E-state index in [1.807, 2.05) is 44.2 Å². The van der Waals surface area contributed by atoms with E-state index in [0.29, 0.717) is 12.3 Å². The van der Waals surface area contributed by atoms with Gasteiger partial charge in [0.05, 0.1) is 5.41 Å². The Morgan fingerprint density at radius 1 is 1.27 bits per heavy atom. The van der Waals surface area contributed by atoms with Gasteiger partial charge in [-0.05, 0) is 43.2 Å². The van der Waals surface area contributed by atoms with Gasteiger partial charge in [0.25, 0.3) is 0 Å². The first-order valence-corrected chi connectivity index (χ1v) is 7.15. The molecule has 5 heteroatoms. The molecule has 2 aromatic rings. The zero-order chi connectivity index (χ0) is 15.6. The highest BCUT2D eigenvalue weighted by Gasteiger charge is 2.31. The van der Waals surface area contributed by atoms with Crippen LogP contribution in [0.3, 0.4) is 0 Å². The summed E-state index contributed by atoms with van der Waals surface area (Å²) >= 11 is 0.